The van der Waals surface area contributed by atoms with E-state index in [1.807, 2.05) is 16.7 Å². The van der Waals surface area contributed by atoms with Crippen LogP contribution in [-0.4, -0.2) is 41.3 Å². The fourth-order valence-electron chi connectivity index (χ4n) is 2.61. The van der Waals surface area contributed by atoms with Gasteiger partial charge < -0.3 is 15.0 Å². The van der Waals surface area contributed by atoms with Crippen molar-refractivity contribution in [3.8, 4) is 0 Å². The van der Waals surface area contributed by atoms with Crippen molar-refractivity contribution >= 4 is 46.7 Å². The minimum atomic E-state index is -0.105. The predicted molar refractivity (Wildman–Crippen MR) is 87.4 cm³/mol. The van der Waals surface area contributed by atoms with E-state index in [9.17, 15) is 4.79 Å². The molecule has 1 aromatic rings. The molecule has 0 atom stereocenters. The molecule has 7 heteroatoms. The molecule has 2 aliphatic heterocycles. The average molecular weight is 347 g/mol. The Labute approximate surface area is 138 Å². The number of carbonyl (C=O) groups excluding carboxylic acids is 1. The maximum Gasteiger partial charge on any atom is 0.321 e. The van der Waals surface area contributed by atoms with Crippen LogP contribution in [0.4, 0.5) is 10.5 Å². The van der Waals surface area contributed by atoms with Gasteiger partial charge in [-0.1, -0.05) is 23.2 Å². The van der Waals surface area contributed by atoms with Gasteiger partial charge in [0, 0.05) is 37.4 Å². The summed E-state index contributed by atoms with van der Waals surface area (Å²) < 4.78 is 5.83. The van der Waals surface area contributed by atoms with Gasteiger partial charge in [-0.25, -0.2) is 4.79 Å². The van der Waals surface area contributed by atoms with E-state index in [2.05, 4.69) is 5.32 Å². The summed E-state index contributed by atoms with van der Waals surface area (Å²) in [6.07, 6.45) is 1.76. The Hall–Kier alpha value is -0.620. The highest BCUT2D eigenvalue weighted by atomic mass is 35.5. The number of benzene rings is 1. The average Bonchev–Trinajstić information content (AvgIpc) is 2.92. The fraction of sp³-hybridized carbons (Fsp3) is 0.500. The maximum absolute atomic E-state index is 12.3. The summed E-state index contributed by atoms with van der Waals surface area (Å²) in [6.45, 7) is 2.24. The smallest absolute Gasteiger partial charge is 0.321 e. The number of urea groups is 1. The first kappa shape index (κ1) is 15.3. The second-order valence-electron chi connectivity index (χ2n) is 5.15. The second-order valence-corrected chi connectivity index (χ2v) is 7.41. The Morgan fingerprint density at radius 3 is 2.67 bits per heavy atom. The molecule has 0 aliphatic carbocycles. The summed E-state index contributed by atoms with van der Waals surface area (Å²) >= 11 is 13.7. The minimum Gasteiger partial charge on any atom is -0.363 e. The first-order valence-electron chi connectivity index (χ1n) is 6.87. The SMILES string of the molecule is O=C(Nc1ccc(Cl)c(Cl)c1)N1CCC2(CC1)OCCS2. The highest BCUT2D eigenvalue weighted by Crippen LogP contribution is 2.41. The summed E-state index contributed by atoms with van der Waals surface area (Å²) in [5.41, 5.74) is 0.654. The molecule has 0 saturated carbocycles. The van der Waals surface area contributed by atoms with E-state index in [4.69, 9.17) is 27.9 Å². The summed E-state index contributed by atoms with van der Waals surface area (Å²) in [5, 5.41) is 3.76. The zero-order valence-electron chi connectivity index (χ0n) is 11.4. The van der Waals surface area contributed by atoms with Crippen molar-refractivity contribution in [1.82, 2.24) is 4.90 Å². The van der Waals surface area contributed by atoms with Crippen LogP contribution in [0.3, 0.4) is 0 Å². The molecule has 0 radical (unpaired) electrons. The topological polar surface area (TPSA) is 41.6 Å². The van der Waals surface area contributed by atoms with Gasteiger partial charge >= 0.3 is 6.03 Å². The van der Waals surface area contributed by atoms with Gasteiger partial charge in [0.25, 0.3) is 0 Å². The zero-order valence-corrected chi connectivity index (χ0v) is 13.7. The van der Waals surface area contributed by atoms with Crippen LogP contribution in [0.1, 0.15) is 12.8 Å². The summed E-state index contributed by atoms with van der Waals surface area (Å²) in [7, 11) is 0. The van der Waals surface area contributed by atoms with E-state index in [-0.39, 0.29) is 11.0 Å². The number of anilines is 1. The quantitative estimate of drug-likeness (QED) is 0.832. The Balaban J connectivity index is 1.57. The van der Waals surface area contributed by atoms with E-state index >= 15 is 0 Å². The van der Waals surface area contributed by atoms with Crippen LogP contribution in [0.2, 0.25) is 10.0 Å². The molecule has 4 nitrogen and oxygen atoms in total. The normalized spacial score (nSPS) is 20.8. The van der Waals surface area contributed by atoms with E-state index in [0.29, 0.717) is 28.8 Å². The van der Waals surface area contributed by atoms with Crippen molar-refractivity contribution in [2.75, 3.05) is 30.8 Å². The first-order valence-corrected chi connectivity index (χ1v) is 8.61. The van der Waals surface area contributed by atoms with Crippen LogP contribution in [0, 0.1) is 0 Å². The van der Waals surface area contributed by atoms with Gasteiger partial charge in [-0.2, -0.15) is 0 Å². The third-order valence-corrected chi connectivity index (χ3v) is 5.96. The highest BCUT2D eigenvalue weighted by molar-refractivity contribution is 8.00. The van der Waals surface area contributed by atoms with Crippen molar-refractivity contribution in [2.24, 2.45) is 0 Å². The van der Waals surface area contributed by atoms with Crippen molar-refractivity contribution in [1.29, 1.82) is 0 Å². The van der Waals surface area contributed by atoms with Crippen molar-refractivity contribution < 1.29 is 9.53 Å². The molecule has 1 N–H and O–H groups in total. The number of rotatable bonds is 1. The number of carbonyl (C=O) groups is 1. The number of amides is 2. The van der Waals surface area contributed by atoms with E-state index in [0.717, 1.165) is 25.2 Å². The Morgan fingerprint density at radius 2 is 2.05 bits per heavy atom. The maximum atomic E-state index is 12.3. The van der Waals surface area contributed by atoms with Crippen molar-refractivity contribution in [3.63, 3.8) is 0 Å². The predicted octanol–water partition coefficient (Wildman–Crippen LogP) is 4.08. The number of ether oxygens (including phenoxy) is 1. The van der Waals surface area contributed by atoms with Gasteiger partial charge in [0.05, 0.1) is 16.7 Å². The number of thioether (sulfide) groups is 1. The van der Waals surface area contributed by atoms with Gasteiger partial charge in [-0.15, -0.1) is 11.8 Å². The standard InChI is InChI=1S/C14H16Cl2N2O2S/c15-11-2-1-10(9-12(11)16)17-13(19)18-5-3-14(4-6-18)20-7-8-21-14/h1-2,9H,3-8H2,(H,17,19). The van der Waals surface area contributed by atoms with Crippen LogP contribution >= 0.6 is 35.0 Å². The Morgan fingerprint density at radius 1 is 1.29 bits per heavy atom. The Bertz CT molecular complexity index is 540. The number of piperidine rings is 1. The van der Waals surface area contributed by atoms with Crippen LogP contribution in [0.15, 0.2) is 18.2 Å². The molecule has 2 fully saturated rings. The van der Waals surface area contributed by atoms with Crippen LogP contribution in [-0.2, 0) is 4.74 Å². The molecule has 3 rings (SSSR count). The number of halogens is 2. The van der Waals surface area contributed by atoms with Gasteiger partial charge in [-0.05, 0) is 18.2 Å². The lowest BCUT2D eigenvalue weighted by Crippen LogP contribution is -2.46. The number of nitrogens with zero attached hydrogens (tertiary/aromatic N) is 1. The van der Waals surface area contributed by atoms with E-state index < -0.39 is 0 Å². The molecule has 0 unspecified atom stereocenters. The van der Waals surface area contributed by atoms with Crippen molar-refractivity contribution in [3.05, 3.63) is 28.2 Å². The van der Waals surface area contributed by atoms with Gasteiger partial charge in [0.2, 0.25) is 0 Å². The lowest BCUT2D eigenvalue weighted by Gasteiger charge is -2.37. The van der Waals surface area contributed by atoms with Gasteiger partial charge in [-0.3, -0.25) is 0 Å². The molecule has 2 saturated heterocycles. The molecule has 21 heavy (non-hydrogen) atoms. The third-order valence-electron chi connectivity index (χ3n) is 3.80. The molecule has 2 amide bonds. The fourth-order valence-corrected chi connectivity index (χ4v) is 4.09. The van der Waals surface area contributed by atoms with Crippen LogP contribution in [0.25, 0.3) is 0 Å². The zero-order chi connectivity index (χ0) is 14.9. The number of hydrogen-bond donors (Lipinski definition) is 1. The molecule has 2 aliphatic rings. The lowest BCUT2D eigenvalue weighted by atomic mass is 10.1. The van der Waals surface area contributed by atoms with E-state index in [1.165, 1.54) is 0 Å². The Kier molecular flexibility index (Phi) is 4.54. The molecule has 2 heterocycles. The second kappa shape index (κ2) is 6.24. The number of nitrogens with one attached hydrogen (secondary N) is 1. The lowest BCUT2D eigenvalue weighted by molar-refractivity contribution is 0.0105. The molecule has 0 bridgehead atoms. The van der Waals surface area contributed by atoms with Gasteiger partial charge in [0.1, 0.15) is 4.93 Å². The summed E-state index contributed by atoms with van der Waals surface area (Å²) in [6, 6.07) is 4.97. The summed E-state index contributed by atoms with van der Waals surface area (Å²) in [4.78, 5) is 14.0. The minimum absolute atomic E-state index is 0.0552. The molecule has 0 aromatic heterocycles. The van der Waals surface area contributed by atoms with Crippen LogP contribution < -0.4 is 5.32 Å². The van der Waals surface area contributed by atoms with E-state index in [1.54, 1.807) is 18.2 Å². The largest absolute Gasteiger partial charge is 0.363 e. The molecular formula is C14H16Cl2N2O2S. The molecular weight excluding hydrogens is 331 g/mol. The third kappa shape index (κ3) is 3.42. The molecule has 114 valence electrons. The van der Waals surface area contributed by atoms with Crippen LogP contribution in [0.5, 0.6) is 0 Å². The first-order chi connectivity index (χ1) is 10.1. The van der Waals surface area contributed by atoms with Gasteiger partial charge in [0.15, 0.2) is 0 Å². The monoisotopic (exact) mass is 346 g/mol. The molecule has 1 spiro atoms. The highest BCUT2D eigenvalue weighted by Gasteiger charge is 2.40. The summed E-state index contributed by atoms with van der Waals surface area (Å²) in [5.74, 6) is 1.05. The van der Waals surface area contributed by atoms with Crippen molar-refractivity contribution in [2.45, 2.75) is 17.8 Å². The molecule has 1 aromatic carbocycles. The number of likely N-dealkylation sites (tertiary alicyclic amines) is 1. The number of hydrogen-bond acceptors (Lipinski definition) is 3.